The Bertz CT molecular complexity index is 1060. The van der Waals surface area contributed by atoms with Gasteiger partial charge in [0.05, 0.1) is 17.9 Å². The van der Waals surface area contributed by atoms with Crippen LogP contribution in [0.5, 0.6) is 5.88 Å². The van der Waals surface area contributed by atoms with Crippen LogP contribution in [0, 0.1) is 18.3 Å². The zero-order chi connectivity index (χ0) is 26.1. The zero-order valence-corrected chi connectivity index (χ0v) is 22.6. The van der Waals surface area contributed by atoms with Crippen molar-refractivity contribution >= 4 is 11.7 Å². The number of rotatable bonds is 9. The maximum atomic E-state index is 12.5. The number of aliphatic carboxylic acids is 1. The molecule has 2 aromatic heterocycles. The summed E-state index contributed by atoms with van der Waals surface area (Å²) in [4.78, 5) is 24.0. The van der Waals surface area contributed by atoms with E-state index in [-0.39, 0.29) is 5.41 Å². The van der Waals surface area contributed by atoms with Crippen molar-refractivity contribution in [3.8, 4) is 17.0 Å². The molecular formula is C29H41N3O4. The second-order valence-corrected chi connectivity index (χ2v) is 12.1. The highest BCUT2D eigenvalue weighted by molar-refractivity contribution is 5.86. The van der Waals surface area contributed by atoms with Gasteiger partial charge in [-0.3, -0.25) is 4.98 Å². The van der Waals surface area contributed by atoms with Gasteiger partial charge in [0.25, 0.3) is 0 Å². The van der Waals surface area contributed by atoms with Crippen molar-refractivity contribution in [2.75, 3.05) is 24.6 Å². The first-order chi connectivity index (χ1) is 16.9. The van der Waals surface area contributed by atoms with Gasteiger partial charge < -0.3 is 19.5 Å². The summed E-state index contributed by atoms with van der Waals surface area (Å²) in [5.74, 6) is 0.416. The third-order valence-electron chi connectivity index (χ3n) is 7.20. The molecule has 0 bridgehead atoms. The number of piperidine rings is 1. The molecule has 1 atom stereocenters. The number of carboxylic acid groups (broad SMARTS) is 1. The van der Waals surface area contributed by atoms with Crippen LogP contribution in [0.15, 0.2) is 24.5 Å². The predicted octanol–water partition coefficient (Wildman–Crippen LogP) is 6.20. The van der Waals surface area contributed by atoms with Crippen LogP contribution < -0.4 is 9.64 Å². The average molecular weight is 496 g/mol. The highest BCUT2D eigenvalue weighted by atomic mass is 16.5. The Hall–Kier alpha value is -2.67. The van der Waals surface area contributed by atoms with Crippen LogP contribution >= 0.6 is 0 Å². The van der Waals surface area contributed by atoms with Crippen LogP contribution in [0.2, 0.25) is 0 Å². The van der Waals surface area contributed by atoms with E-state index in [1.807, 2.05) is 46.0 Å². The second kappa shape index (κ2) is 10.4. The first kappa shape index (κ1) is 26.4. The summed E-state index contributed by atoms with van der Waals surface area (Å²) in [5, 5.41) is 10.2. The van der Waals surface area contributed by atoms with Gasteiger partial charge in [0.2, 0.25) is 5.88 Å². The normalized spacial score (nSPS) is 18.7. The van der Waals surface area contributed by atoms with Crippen molar-refractivity contribution in [1.82, 2.24) is 9.97 Å². The summed E-state index contributed by atoms with van der Waals surface area (Å²) >= 11 is 0. The highest BCUT2D eigenvalue weighted by Crippen LogP contribution is 2.43. The number of carbonyl (C=O) groups is 1. The fourth-order valence-corrected chi connectivity index (χ4v) is 4.76. The van der Waals surface area contributed by atoms with E-state index in [1.54, 1.807) is 6.20 Å². The van der Waals surface area contributed by atoms with Crippen molar-refractivity contribution in [3.63, 3.8) is 0 Å². The number of hydrogen-bond acceptors (Lipinski definition) is 6. The summed E-state index contributed by atoms with van der Waals surface area (Å²) in [6.45, 7) is 14.5. The van der Waals surface area contributed by atoms with Gasteiger partial charge in [-0.25, -0.2) is 9.78 Å². The maximum absolute atomic E-state index is 12.5. The van der Waals surface area contributed by atoms with Gasteiger partial charge in [-0.1, -0.05) is 26.7 Å². The molecule has 2 aromatic rings. The minimum Gasteiger partial charge on any atom is -0.479 e. The molecule has 1 N–H and O–H groups in total. The number of carboxylic acids is 1. The summed E-state index contributed by atoms with van der Waals surface area (Å²) in [6.07, 6.45) is 8.27. The Kier molecular flexibility index (Phi) is 7.60. The van der Waals surface area contributed by atoms with E-state index in [0.29, 0.717) is 23.7 Å². The number of anilines is 1. The molecule has 1 aliphatic carbocycles. The van der Waals surface area contributed by atoms with Gasteiger partial charge in [0.1, 0.15) is 0 Å². The third-order valence-corrected chi connectivity index (χ3v) is 7.20. The van der Waals surface area contributed by atoms with E-state index >= 15 is 0 Å². The van der Waals surface area contributed by atoms with Gasteiger partial charge >= 0.3 is 5.97 Å². The topological polar surface area (TPSA) is 84.8 Å². The standard InChI is InChI=1S/C29H41N3O4/c1-19-24(26(27(33)34)36-28(2,3)4)25(32-14-12-29(5,6)13-15-32)22(18-30-19)21-9-10-23(31-17-21)35-16-11-20-7-8-20/h9-10,17-18,20,26H,7-8,11-16H2,1-6H3,(H,33,34)/t26-/m0/s1. The fraction of sp³-hybridized carbons (Fsp3) is 0.621. The molecule has 36 heavy (non-hydrogen) atoms. The van der Waals surface area contributed by atoms with Gasteiger partial charge in [0, 0.05) is 53.9 Å². The van der Waals surface area contributed by atoms with Crippen LogP contribution in [0.25, 0.3) is 11.1 Å². The van der Waals surface area contributed by atoms with Crippen molar-refractivity contribution in [2.24, 2.45) is 11.3 Å². The lowest BCUT2D eigenvalue weighted by Crippen LogP contribution is -2.39. The first-order valence-electron chi connectivity index (χ1n) is 13.2. The molecular weight excluding hydrogens is 454 g/mol. The first-order valence-corrected chi connectivity index (χ1v) is 13.2. The molecule has 7 heteroatoms. The second-order valence-electron chi connectivity index (χ2n) is 12.1. The molecule has 196 valence electrons. The van der Waals surface area contributed by atoms with Crippen LogP contribution in [0.4, 0.5) is 5.69 Å². The summed E-state index contributed by atoms with van der Waals surface area (Å²) < 4.78 is 12.0. The van der Waals surface area contributed by atoms with Crippen molar-refractivity contribution in [3.05, 3.63) is 35.8 Å². The number of nitrogens with zero attached hydrogens (tertiary/aromatic N) is 3. The molecule has 2 aliphatic rings. The van der Waals surface area contributed by atoms with Crippen LogP contribution in [-0.4, -0.2) is 46.3 Å². The molecule has 7 nitrogen and oxygen atoms in total. The number of hydrogen-bond donors (Lipinski definition) is 1. The lowest BCUT2D eigenvalue weighted by molar-refractivity contribution is -0.160. The summed E-state index contributed by atoms with van der Waals surface area (Å²) in [5.41, 5.74) is 3.57. The molecule has 0 radical (unpaired) electrons. The Morgan fingerprint density at radius 2 is 1.86 bits per heavy atom. The van der Waals surface area contributed by atoms with Crippen LogP contribution in [0.1, 0.15) is 84.1 Å². The number of aryl methyl sites for hydroxylation is 1. The minimum atomic E-state index is -1.12. The Balaban J connectivity index is 1.74. The fourth-order valence-electron chi connectivity index (χ4n) is 4.76. The molecule has 4 rings (SSSR count). The van der Waals surface area contributed by atoms with E-state index in [2.05, 4.69) is 28.7 Å². The lowest BCUT2D eigenvalue weighted by Gasteiger charge is -2.40. The van der Waals surface area contributed by atoms with Crippen molar-refractivity contribution in [2.45, 2.75) is 85.4 Å². The number of pyridine rings is 2. The van der Waals surface area contributed by atoms with E-state index in [1.165, 1.54) is 12.8 Å². The van der Waals surface area contributed by atoms with Crippen LogP contribution in [0.3, 0.4) is 0 Å². The van der Waals surface area contributed by atoms with E-state index in [0.717, 1.165) is 55.1 Å². The Morgan fingerprint density at radius 1 is 1.17 bits per heavy atom. The Morgan fingerprint density at radius 3 is 2.42 bits per heavy atom. The third kappa shape index (κ3) is 6.55. The lowest BCUT2D eigenvalue weighted by atomic mass is 9.82. The minimum absolute atomic E-state index is 0.258. The predicted molar refractivity (Wildman–Crippen MR) is 141 cm³/mol. The molecule has 0 spiro atoms. The van der Waals surface area contributed by atoms with Crippen LogP contribution in [-0.2, 0) is 9.53 Å². The van der Waals surface area contributed by atoms with Crippen molar-refractivity contribution < 1.29 is 19.4 Å². The van der Waals surface area contributed by atoms with Gasteiger partial charge in [-0.05, 0) is 64.4 Å². The number of aromatic nitrogens is 2. The molecule has 0 aromatic carbocycles. The SMILES string of the molecule is Cc1ncc(-c2ccc(OCCC3CC3)nc2)c(N2CCC(C)(C)CC2)c1[C@H](OC(C)(C)C)C(=O)O. The largest absolute Gasteiger partial charge is 0.479 e. The molecule has 0 amide bonds. The van der Waals surface area contributed by atoms with Gasteiger partial charge in [-0.15, -0.1) is 0 Å². The smallest absolute Gasteiger partial charge is 0.337 e. The molecule has 1 aliphatic heterocycles. The molecule has 2 fully saturated rings. The zero-order valence-electron chi connectivity index (χ0n) is 22.6. The number of ether oxygens (including phenoxy) is 2. The molecule has 0 unspecified atom stereocenters. The molecule has 1 saturated heterocycles. The van der Waals surface area contributed by atoms with Crippen molar-refractivity contribution in [1.29, 1.82) is 0 Å². The maximum Gasteiger partial charge on any atom is 0.337 e. The van der Waals surface area contributed by atoms with E-state index < -0.39 is 17.7 Å². The Labute approximate surface area is 215 Å². The monoisotopic (exact) mass is 495 g/mol. The van der Waals surface area contributed by atoms with E-state index in [4.69, 9.17) is 9.47 Å². The summed E-state index contributed by atoms with van der Waals surface area (Å²) in [7, 11) is 0. The molecule has 3 heterocycles. The highest BCUT2D eigenvalue weighted by Gasteiger charge is 2.35. The quantitative estimate of drug-likeness (QED) is 0.443. The van der Waals surface area contributed by atoms with Gasteiger partial charge in [0.15, 0.2) is 6.10 Å². The molecule has 1 saturated carbocycles. The average Bonchev–Trinajstić information content (AvgIpc) is 3.62. The summed E-state index contributed by atoms with van der Waals surface area (Å²) in [6, 6.07) is 3.89. The van der Waals surface area contributed by atoms with E-state index in [9.17, 15) is 9.90 Å². The van der Waals surface area contributed by atoms with Gasteiger partial charge in [-0.2, -0.15) is 0 Å².